The van der Waals surface area contributed by atoms with Crippen LogP contribution in [-0.2, 0) is 20.0 Å². The third-order valence-corrected chi connectivity index (χ3v) is 3.74. The normalized spacial score (nSPS) is 11.4. The number of benzene rings is 1. The standard InChI is InChI=1S/C17H26N6/c1-18-17(20-13-16-10-12-21-23(16)4)19-11-9-14-5-7-15(8-6-14)22(2)3/h5-8,10,12H,9,11,13H2,1-4H3,(H2,18,19,20). The molecule has 0 bridgehead atoms. The number of aromatic nitrogens is 2. The number of aliphatic imine (C=N–C) groups is 1. The molecule has 23 heavy (non-hydrogen) atoms. The van der Waals surface area contributed by atoms with Gasteiger partial charge in [0, 0.05) is 46.6 Å². The van der Waals surface area contributed by atoms with Gasteiger partial charge in [-0.1, -0.05) is 12.1 Å². The molecule has 0 amide bonds. The molecule has 0 saturated carbocycles. The second-order valence-corrected chi connectivity index (χ2v) is 5.61. The van der Waals surface area contributed by atoms with Gasteiger partial charge >= 0.3 is 0 Å². The van der Waals surface area contributed by atoms with E-state index in [0.717, 1.165) is 24.6 Å². The van der Waals surface area contributed by atoms with Gasteiger partial charge in [0.2, 0.25) is 0 Å². The predicted octanol–water partition coefficient (Wildman–Crippen LogP) is 1.39. The second-order valence-electron chi connectivity index (χ2n) is 5.61. The van der Waals surface area contributed by atoms with Crippen molar-refractivity contribution >= 4 is 11.6 Å². The molecule has 0 aliphatic heterocycles. The van der Waals surface area contributed by atoms with Gasteiger partial charge in [-0.3, -0.25) is 9.67 Å². The number of hydrogen-bond acceptors (Lipinski definition) is 3. The van der Waals surface area contributed by atoms with Crippen LogP contribution >= 0.6 is 0 Å². The molecule has 0 aliphatic rings. The van der Waals surface area contributed by atoms with E-state index < -0.39 is 0 Å². The first-order valence-electron chi connectivity index (χ1n) is 7.78. The molecular weight excluding hydrogens is 288 g/mol. The lowest BCUT2D eigenvalue weighted by Crippen LogP contribution is -2.38. The minimum atomic E-state index is 0.702. The Kier molecular flexibility index (Phi) is 6.02. The summed E-state index contributed by atoms with van der Waals surface area (Å²) in [6.07, 6.45) is 2.75. The molecule has 2 aromatic rings. The van der Waals surface area contributed by atoms with Gasteiger partial charge in [-0.25, -0.2) is 0 Å². The van der Waals surface area contributed by atoms with Gasteiger partial charge in [-0.05, 0) is 30.2 Å². The number of aryl methyl sites for hydroxylation is 1. The molecular formula is C17H26N6. The van der Waals surface area contributed by atoms with Crippen LogP contribution in [0.3, 0.4) is 0 Å². The third-order valence-electron chi connectivity index (χ3n) is 3.74. The highest BCUT2D eigenvalue weighted by Gasteiger charge is 2.02. The van der Waals surface area contributed by atoms with Gasteiger partial charge in [0.1, 0.15) is 0 Å². The van der Waals surface area contributed by atoms with E-state index in [1.54, 1.807) is 13.2 Å². The summed E-state index contributed by atoms with van der Waals surface area (Å²) < 4.78 is 1.85. The minimum Gasteiger partial charge on any atom is -0.378 e. The van der Waals surface area contributed by atoms with Crippen molar-refractivity contribution in [1.29, 1.82) is 0 Å². The van der Waals surface area contributed by atoms with Crippen molar-refractivity contribution in [3.05, 3.63) is 47.8 Å². The summed E-state index contributed by atoms with van der Waals surface area (Å²) in [6, 6.07) is 10.6. The van der Waals surface area contributed by atoms with E-state index in [0.29, 0.717) is 6.54 Å². The largest absolute Gasteiger partial charge is 0.378 e. The molecule has 6 heteroatoms. The molecule has 0 aliphatic carbocycles. The molecule has 0 fully saturated rings. The van der Waals surface area contributed by atoms with Crippen LogP contribution < -0.4 is 15.5 Å². The molecule has 0 radical (unpaired) electrons. The maximum Gasteiger partial charge on any atom is 0.191 e. The molecule has 0 spiro atoms. The van der Waals surface area contributed by atoms with Crippen LogP contribution in [0.25, 0.3) is 0 Å². The van der Waals surface area contributed by atoms with E-state index >= 15 is 0 Å². The van der Waals surface area contributed by atoms with E-state index in [1.807, 2.05) is 17.8 Å². The fourth-order valence-corrected chi connectivity index (χ4v) is 2.26. The Hall–Kier alpha value is -2.50. The summed E-state index contributed by atoms with van der Waals surface area (Å²) in [5.41, 5.74) is 3.65. The molecule has 1 heterocycles. The highest BCUT2D eigenvalue weighted by Crippen LogP contribution is 2.12. The first-order chi connectivity index (χ1) is 11.1. The van der Waals surface area contributed by atoms with E-state index in [4.69, 9.17) is 0 Å². The number of nitrogens with zero attached hydrogens (tertiary/aromatic N) is 4. The molecule has 0 atom stereocenters. The lowest BCUT2D eigenvalue weighted by molar-refractivity contribution is 0.684. The summed E-state index contributed by atoms with van der Waals surface area (Å²) in [5, 5.41) is 10.8. The minimum absolute atomic E-state index is 0.702. The van der Waals surface area contributed by atoms with Crippen molar-refractivity contribution in [3.63, 3.8) is 0 Å². The first-order valence-corrected chi connectivity index (χ1v) is 7.78. The van der Waals surface area contributed by atoms with Crippen LogP contribution in [0, 0.1) is 0 Å². The second kappa shape index (κ2) is 8.22. The summed E-state index contributed by atoms with van der Waals surface area (Å²) in [7, 11) is 7.82. The highest BCUT2D eigenvalue weighted by atomic mass is 15.3. The first kappa shape index (κ1) is 16.9. The summed E-state index contributed by atoms with van der Waals surface area (Å²) in [5.74, 6) is 0.802. The zero-order chi connectivity index (χ0) is 16.7. The van der Waals surface area contributed by atoms with Gasteiger partial charge in [0.15, 0.2) is 5.96 Å². The fourth-order valence-electron chi connectivity index (χ4n) is 2.26. The molecule has 2 rings (SSSR count). The number of anilines is 1. The van der Waals surface area contributed by atoms with Crippen molar-refractivity contribution in [1.82, 2.24) is 20.4 Å². The highest BCUT2D eigenvalue weighted by molar-refractivity contribution is 5.79. The fraction of sp³-hybridized carbons (Fsp3) is 0.412. The lowest BCUT2D eigenvalue weighted by Gasteiger charge is -2.14. The van der Waals surface area contributed by atoms with Crippen molar-refractivity contribution in [2.75, 3.05) is 32.6 Å². The van der Waals surface area contributed by atoms with Gasteiger partial charge in [0.25, 0.3) is 0 Å². The van der Waals surface area contributed by atoms with Gasteiger partial charge in [-0.15, -0.1) is 0 Å². The van der Waals surface area contributed by atoms with Crippen molar-refractivity contribution in [2.24, 2.45) is 12.0 Å². The summed E-state index contributed by atoms with van der Waals surface area (Å²) in [4.78, 5) is 6.35. The molecule has 0 unspecified atom stereocenters. The maximum atomic E-state index is 4.24. The van der Waals surface area contributed by atoms with Crippen LogP contribution in [0.2, 0.25) is 0 Å². The van der Waals surface area contributed by atoms with Crippen LogP contribution in [0.15, 0.2) is 41.5 Å². The summed E-state index contributed by atoms with van der Waals surface area (Å²) >= 11 is 0. The van der Waals surface area contributed by atoms with Crippen LogP contribution in [-0.4, -0.2) is 43.4 Å². The number of rotatable bonds is 6. The Labute approximate surface area is 138 Å². The predicted molar refractivity (Wildman–Crippen MR) is 95.9 cm³/mol. The van der Waals surface area contributed by atoms with Gasteiger partial charge in [0.05, 0.1) is 12.2 Å². The van der Waals surface area contributed by atoms with Crippen LogP contribution in [0.5, 0.6) is 0 Å². The number of guanidine groups is 1. The molecule has 0 saturated heterocycles. The van der Waals surface area contributed by atoms with E-state index in [9.17, 15) is 0 Å². The molecule has 1 aromatic heterocycles. The average molecular weight is 314 g/mol. The number of hydrogen-bond donors (Lipinski definition) is 2. The third kappa shape index (κ3) is 5.02. The van der Waals surface area contributed by atoms with Crippen LogP contribution in [0.1, 0.15) is 11.3 Å². The Bertz CT molecular complexity index is 627. The van der Waals surface area contributed by atoms with Crippen LogP contribution in [0.4, 0.5) is 5.69 Å². The monoisotopic (exact) mass is 314 g/mol. The zero-order valence-corrected chi connectivity index (χ0v) is 14.4. The zero-order valence-electron chi connectivity index (χ0n) is 14.4. The number of nitrogens with one attached hydrogen (secondary N) is 2. The molecule has 1 aromatic carbocycles. The topological polar surface area (TPSA) is 57.5 Å². The Morgan fingerprint density at radius 2 is 1.91 bits per heavy atom. The van der Waals surface area contributed by atoms with E-state index in [2.05, 4.69) is 64.0 Å². The van der Waals surface area contributed by atoms with E-state index in [1.165, 1.54) is 11.3 Å². The SMILES string of the molecule is CN=C(NCCc1ccc(N(C)C)cc1)NCc1ccnn1C. The lowest BCUT2D eigenvalue weighted by atomic mass is 10.1. The quantitative estimate of drug-likeness (QED) is 0.625. The Morgan fingerprint density at radius 3 is 2.48 bits per heavy atom. The van der Waals surface area contributed by atoms with Crippen molar-refractivity contribution in [3.8, 4) is 0 Å². The van der Waals surface area contributed by atoms with Gasteiger partial charge < -0.3 is 15.5 Å². The Balaban J connectivity index is 1.76. The molecule has 6 nitrogen and oxygen atoms in total. The van der Waals surface area contributed by atoms with Crippen molar-refractivity contribution < 1.29 is 0 Å². The maximum absolute atomic E-state index is 4.24. The smallest absolute Gasteiger partial charge is 0.191 e. The van der Waals surface area contributed by atoms with Crippen molar-refractivity contribution in [2.45, 2.75) is 13.0 Å². The van der Waals surface area contributed by atoms with E-state index in [-0.39, 0.29) is 0 Å². The summed E-state index contributed by atoms with van der Waals surface area (Å²) in [6.45, 7) is 1.54. The molecule has 2 N–H and O–H groups in total. The Morgan fingerprint density at radius 1 is 1.17 bits per heavy atom. The average Bonchev–Trinajstić information content (AvgIpc) is 2.96. The van der Waals surface area contributed by atoms with Gasteiger partial charge in [-0.2, -0.15) is 5.10 Å². The molecule has 124 valence electrons.